The number of hydrogen-bond acceptors (Lipinski definition) is 4. The van der Waals surface area contributed by atoms with Crippen molar-refractivity contribution in [3.05, 3.63) is 40.3 Å². The van der Waals surface area contributed by atoms with Crippen LogP contribution < -0.4 is 0 Å². The Labute approximate surface area is 134 Å². The Kier molecular flexibility index (Phi) is 3.50. The highest BCUT2D eigenvalue weighted by molar-refractivity contribution is 7.07. The van der Waals surface area contributed by atoms with E-state index in [1.807, 2.05) is 13.2 Å². The molecule has 2 aromatic heterocycles. The third-order valence-corrected chi connectivity index (χ3v) is 5.60. The van der Waals surface area contributed by atoms with E-state index >= 15 is 0 Å². The fraction of sp³-hybridized carbons (Fsp3) is 0.500. The minimum absolute atomic E-state index is 0.137. The summed E-state index contributed by atoms with van der Waals surface area (Å²) in [7, 11) is 1.85. The van der Waals surface area contributed by atoms with Gasteiger partial charge >= 0.3 is 0 Å². The molecule has 22 heavy (non-hydrogen) atoms. The lowest BCUT2D eigenvalue weighted by Gasteiger charge is -2.25. The maximum absolute atomic E-state index is 12.7. The van der Waals surface area contributed by atoms with Crippen molar-refractivity contribution >= 4 is 17.2 Å². The lowest BCUT2D eigenvalue weighted by molar-refractivity contribution is 0.0732. The van der Waals surface area contributed by atoms with Gasteiger partial charge in [-0.3, -0.25) is 14.4 Å². The van der Waals surface area contributed by atoms with Crippen LogP contribution in [0, 0.1) is 0 Å². The molecule has 4 heterocycles. The van der Waals surface area contributed by atoms with Crippen LogP contribution >= 0.6 is 11.3 Å². The van der Waals surface area contributed by atoms with Crippen molar-refractivity contribution in [2.45, 2.75) is 31.5 Å². The van der Waals surface area contributed by atoms with E-state index in [1.165, 1.54) is 5.56 Å². The lowest BCUT2D eigenvalue weighted by atomic mass is 10.1. The van der Waals surface area contributed by atoms with Gasteiger partial charge in [-0.1, -0.05) is 0 Å². The van der Waals surface area contributed by atoms with Crippen molar-refractivity contribution in [2.75, 3.05) is 13.1 Å². The second-order valence-corrected chi connectivity index (χ2v) is 7.00. The number of likely N-dealkylation sites (tertiary alicyclic amines) is 2. The summed E-state index contributed by atoms with van der Waals surface area (Å²) in [4.78, 5) is 17.3. The predicted octanol–water partition coefficient (Wildman–Crippen LogP) is 1.97. The Bertz CT molecular complexity index is 666. The number of hydrogen-bond donors (Lipinski definition) is 0. The van der Waals surface area contributed by atoms with E-state index in [4.69, 9.17) is 0 Å². The Morgan fingerprint density at radius 3 is 2.95 bits per heavy atom. The maximum Gasteiger partial charge on any atom is 0.257 e. The van der Waals surface area contributed by atoms with Crippen LogP contribution in [0.2, 0.25) is 0 Å². The number of fused-ring (bicyclic) bond motifs is 1. The van der Waals surface area contributed by atoms with Gasteiger partial charge in [0.05, 0.1) is 11.8 Å². The van der Waals surface area contributed by atoms with E-state index in [-0.39, 0.29) is 5.91 Å². The molecular formula is C16H20N4OS. The molecule has 6 heteroatoms. The molecule has 116 valence electrons. The van der Waals surface area contributed by atoms with Gasteiger partial charge in [0, 0.05) is 45.0 Å². The summed E-state index contributed by atoms with van der Waals surface area (Å²) in [6, 6.07) is 3.08. The zero-order valence-electron chi connectivity index (χ0n) is 12.7. The highest BCUT2D eigenvalue weighted by atomic mass is 32.1. The number of carbonyl (C=O) groups is 1. The van der Waals surface area contributed by atoms with Gasteiger partial charge in [-0.05, 0) is 35.2 Å². The smallest absolute Gasteiger partial charge is 0.257 e. The van der Waals surface area contributed by atoms with Crippen LogP contribution in [0.25, 0.3) is 0 Å². The number of nitrogens with zero attached hydrogens (tertiary/aromatic N) is 4. The second kappa shape index (κ2) is 5.52. The molecule has 2 aliphatic heterocycles. The van der Waals surface area contributed by atoms with Gasteiger partial charge in [-0.25, -0.2) is 0 Å². The molecule has 0 bridgehead atoms. The summed E-state index contributed by atoms with van der Waals surface area (Å²) in [5.41, 5.74) is 2.10. The van der Waals surface area contributed by atoms with Crippen molar-refractivity contribution in [1.82, 2.24) is 19.6 Å². The predicted molar refractivity (Wildman–Crippen MR) is 85.8 cm³/mol. The molecule has 2 aliphatic rings. The summed E-state index contributed by atoms with van der Waals surface area (Å²) >= 11 is 1.75. The van der Waals surface area contributed by atoms with E-state index in [1.54, 1.807) is 22.2 Å². The topological polar surface area (TPSA) is 41.4 Å². The SMILES string of the molecule is Cn1cc(C(=O)N2CC[C@H]3[C@H]2CCN3Cc2ccsc2)cn1. The van der Waals surface area contributed by atoms with Crippen LogP contribution in [0.15, 0.2) is 29.2 Å². The lowest BCUT2D eigenvalue weighted by Crippen LogP contribution is -2.39. The van der Waals surface area contributed by atoms with Crippen molar-refractivity contribution in [3.63, 3.8) is 0 Å². The summed E-state index contributed by atoms with van der Waals surface area (Å²) in [6.45, 7) is 2.96. The third-order valence-electron chi connectivity index (χ3n) is 4.87. The van der Waals surface area contributed by atoms with Gasteiger partial charge in [-0.15, -0.1) is 0 Å². The van der Waals surface area contributed by atoms with E-state index in [0.717, 1.165) is 32.5 Å². The number of thiophene rings is 1. The molecule has 0 aliphatic carbocycles. The zero-order valence-corrected chi connectivity index (χ0v) is 13.5. The van der Waals surface area contributed by atoms with Crippen molar-refractivity contribution in [3.8, 4) is 0 Å². The number of carbonyl (C=O) groups excluding carboxylic acids is 1. The zero-order chi connectivity index (χ0) is 15.1. The Morgan fingerprint density at radius 2 is 2.23 bits per heavy atom. The van der Waals surface area contributed by atoms with E-state index in [0.29, 0.717) is 17.6 Å². The average molecular weight is 316 g/mol. The van der Waals surface area contributed by atoms with Crippen molar-refractivity contribution in [1.29, 1.82) is 0 Å². The monoisotopic (exact) mass is 316 g/mol. The summed E-state index contributed by atoms with van der Waals surface area (Å²) in [5.74, 6) is 0.137. The molecule has 0 saturated carbocycles. The normalized spacial score (nSPS) is 24.9. The number of aromatic nitrogens is 2. The molecule has 0 unspecified atom stereocenters. The molecule has 0 N–H and O–H groups in total. The van der Waals surface area contributed by atoms with Gasteiger partial charge < -0.3 is 4.90 Å². The number of amides is 1. The molecule has 0 aromatic carbocycles. The first-order valence-corrected chi connectivity index (χ1v) is 8.71. The van der Waals surface area contributed by atoms with Gasteiger partial charge in [0.2, 0.25) is 0 Å². The van der Waals surface area contributed by atoms with Gasteiger partial charge in [-0.2, -0.15) is 16.4 Å². The minimum atomic E-state index is 0.137. The first-order valence-electron chi connectivity index (χ1n) is 7.77. The summed E-state index contributed by atoms with van der Waals surface area (Å²) in [5, 5.41) is 8.48. The molecule has 1 amide bonds. The quantitative estimate of drug-likeness (QED) is 0.869. The second-order valence-electron chi connectivity index (χ2n) is 6.22. The first-order chi connectivity index (χ1) is 10.7. The maximum atomic E-state index is 12.7. The fourth-order valence-electron chi connectivity index (χ4n) is 3.84. The number of rotatable bonds is 3. The highest BCUT2D eigenvalue weighted by Crippen LogP contribution is 2.33. The molecule has 0 radical (unpaired) electrons. The Hall–Kier alpha value is -1.66. The van der Waals surface area contributed by atoms with Gasteiger partial charge in [0.25, 0.3) is 5.91 Å². The molecule has 2 aromatic rings. The molecule has 5 nitrogen and oxygen atoms in total. The largest absolute Gasteiger partial charge is 0.334 e. The van der Waals surface area contributed by atoms with E-state index in [2.05, 4.69) is 31.7 Å². The average Bonchev–Trinajstić information content (AvgIpc) is 3.24. The van der Waals surface area contributed by atoms with E-state index in [9.17, 15) is 4.79 Å². The van der Waals surface area contributed by atoms with Crippen LogP contribution in [0.3, 0.4) is 0 Å². The van der Waals surface area contributed by atoms with Crippen molar-refractivity contribution < 1.29 is 4.79 Å². The van der Waals surface area contributed by atoms with Crippen LogP contribution in [0.4, 0.5) is 0 Å². The molecule has 4 rings (SSSR count). The Morgan fingerprint density at radius 1 is 1.36 bits per heavy atom. The number of aryl methyl sites for hydroxylation is 1. The minimum Gasteiger partial charge on any atom is -0.334 e. The molecular weight excluding hydrogens is 296 g/mol. The van der Waals surface area contributed by atoms with Crippen LogP contribution in [-0.2, 0) is 13.6 Å². The standard InChI is InChI=1S/C16H20N4OS/c1-18-10-13(8-17-18)16(21)20-6-3-14-15(20)2-5-19(14)9-12-4-7-22-11-12/h4,7-8,10-11,14-15H,2-3,5-6,9H2,1H3/t14-,15+/m0/s1. The van der Waals surface area contributed by atoms with Gasteiger partial charge in [0.15, 0.2) is 0 Å². The fourth-order valence-corrected chi connectivity index (χ4v) is 4.50. The first kappa shape index (κ1) is 14.0. The Balaban J connectivity index is 1.47. The molecule has 0 spiro atoms. The summed E-state index contributed by atoms with van der Waals surface area (Å²) in [6.07, 6.45) is 5.66. The van der Waals surface area contributed by atoms with Crippen LogP contribution in [0.1, 0.15) is 28.8 Å². The molecule has 2 saturated heterocycles. The van der Waals surface area contributed by atoms with E-state index < -0.39 is 0 Å². The summed E-state index contributed by atoms with van der Waals surface area (Å²) < 4.78 is 1.69. The van der Waals surface area contributed by atoms with Crippen LogP contribution in [0.5, 0.6) is 0 Å². The van der Waals surface area contributed by atoms with Gasteiger partial charge in [0.1, 0.15) is 0 Å². The molecule has 2 fully saturated rings. The molecule has 2 atom stereocenters. The highest BCUT2D eigenvalue weighted by Gasteiger charge is 2.44. The third kappa shape index (κ3) is 2.36. The van der Waals surface area contributed by atoms with Crippen molar-refractivity contribution in [2.24, 2.45) is 7.05 Å². The van der Waals surface area contributed by atoms with Crippen LogP contribution in [-0.4, -0.2) is 50.7 Å².